The SMILES string of the molecule is CCCC1CCCCN1c1nc(NN)ncc1Br. The largest absolute Gasteiger partial charge is 0.353 e. The lowest BCUT2D eigenvalue weighted by Crippen LogP contribution is -2.40. The Morgan fingerprint density at radius 2 is 2.39 bits per heavy atom. The summed E-state index contributed by atoms with van der Waals surface area (Å²) in [5.41, 5.74) is 2.51. The van der Waals surface area contributed by atoms with Crippen molar-refractivity contribution in [2.75, 3.05) is 16.9 Å². The van der Waals surface area contributed by atoms with E-state index >= 15 is 0 Å². The van der Waals surface area contributed by atoms with Gasteiger partial charge in [-0.05, 0) is 41.6 Å². The van der Waals surface area contributed by atoms with Crippen molar-refractivity contribution in [1.29, 1.82) is 0 Å². The minimum atomic E-state index is 0.467. The molecule has 0 bridgehead atoms. The van der Waals surface area contributed by atoms with Crippen LogP contribution < -0.4 is 16.2 Å². The molecule has 100 valence electrons. The van der Waals surface area contributed by atoms with Gasteiger partial charge in [0.05, 0.1) is 4.47 Å². The Labute approximate surface area is 116 Å². The lowest BCUT2D eigenvalue weighted by atomic mass is 9.98. The molecule has 2 rings (SSSR count). The molecule has 3 N–H and O–H groups in total. The molecule has 1 aliphatic heterocycles. The zero-order valence-corrected chi connectivity index (χ0v) is 12.3. The summed E-state index contributed by atoms with van der Waals surface area (Å²) < 4.78 is 0.935. The van der Waals surface area contributed by atoms with Gasteiger partial charge < -0.3 is 4.90 Å². The number of piperidine rings is 1. The van der Waals surface area contributed by atoms with Crippen LogP contribution in [-0.2, 0) is 0 Å². The van der Waals surface area contributed by atoms with Crippen LogP contribution in [0.2, 0.25) is 0 Å². The first-order chi connectivity index (χ1) is 8.76. The second-order valence-corrected chi connectivity index (χ2v) is 5.50. The maximum Gasteiger partial charge on any atom is 0.239 e. The highest BCUT2D eigenvalue weighted by Gasteiger charge is 2.24. The first kappa shape index (κ1) is 13.5. The van der Waals surface area contributed by atoms with Crippen LogP contribution in [0.1, 0.15) is 39.0 Å². The summed E-state index contributed by atoms with van der Waals surface area (Å²) in [4.78, 5) is 11.0. The second kappa shape index (κ2) is 6.33. The fourth-order valence-electron chi connectivity index (χ4n) is 2.54. The fraction of sp³-hybridized carbons (Fsp3) is 0.667. The van der Waals surface area contributed by atoms with Crippen LogP contribution >= 0.6 is 15.9 Å². The Kier molecular flexibility index (Phi) is 4.77. The summed E-state index contributed by atoms with van der Waals surface area (Å²) in [5.74, 6) is 6.80. The number of nitrogens with one attached hydrogen (secondary N) is 1. The Morgan fingerprint density at radius 1 is 1.56 bits per heavy atom. The Balaban J connectivity index is 2.26. The number of nitrogens with two attached hydrogens (primary N) is 1. The summed E-state index contributed by atoms with van der Waals surface area (Å²) in [6.45, 7) is 3.29. The van der Waals surface area contributed by atoms with E-state index in [4.69, 9.17) is 5.84 Å². The topological polar surface area (TPSA) is 67.1 Å². The maximum absolute atomic E-state index is 5.38. The van der Waals surface area contributed by atoms with Gasteiger partial charge in [-0.2, -0.15) is 4.98 Å². The van der Waals surface area contributed by atoms with Crippen molar-refractivity contribution in [3.05, 3.63) is 10.7 Å². The average Bonchev–Trinajstić information content (AvgIpc) is 2.41. The van der Waals surface area contributed by atoms with Crippen LogP contribution in [0.25, 0.3) is 0 Å². The molecule has 6 heteroatoms. The van der Waals surface area contributed by atoms with Crippen molar-refractivity contribution in [3.63, 3.8) is 0 Å². The fourth-order valence-corrected chi connectivity index (χ4v) is 2.96. The van der Waals surface area contributed by atoms with Gasteiger partial charge in [-0.25, -0.2) is 10.8 Å². The molecule has 0 amide bonds. The molecule has 0 spiro atoms. The van der Waals surface area contributed by atoms with E-state index in [1.54, 1.807) is 6.20 Å². The van der Waals surface area contributed by atoms with Gasteiger partial charge in [0.15, 0.2) is 0 Å². The molecule has 0 aromatic carbocycles. The number of halogens is 1. The summed E-state index contributed by atoms with van der Waals surface area (Å²) in [6, 6.07) is 0.584. The average molecular weight is 314 g/mol. The molecule has 1 unspecified atom stereocenters. The maximum atomic E-state index is 5.38. The monoisotopic (exact) mass is 313 g/mol. The number of rotatable bonds is 4. The van der Waals surface area contributed by atoms with Gasteiger partial charge >= 0.3 is 0 Å². The molecule has 2 heterocycles. The molecule has 1 saturated heterocycles. The van der Waals surface area contributed by atoms with Crippen molar-refractivity contribution < 1.29 is 0 Å². The molecular weight excluding hydrogens is 294 g/mol. The zero-order chi connectivity index (χ0) is 13.0. The second-order valence-electron chi connectivity index (χ2n) is 4.64. The molecule has 1 fully saturated rings. The Morgan fingerprint density at radius 3 is 3.11 bits per heavy atom. The minimum Gasteiger partial charge on any atom is -0.353 e. The van der Waals surface area contributed by atoms with Crippen LogP contribution in [-0.4, -0.2) is 22.6 Å². The normalized spacial score (nSPS) is 19.9. The van der Waals surface area contributed by atoms with Gasteiger partial charge in [0.2, 0.25) is 5.95 Å². The molecule has 0 saturated carbocycles. The van der Waals surface area contributed by atoms with Crippen molar-refractivity contribution in [3.8, 4) is 0 Å². The van der Waals surface area contributed by atoms with Crippen LogP contribution in [0.4, 0.5) is 11.8 Å². The lowest BCUT2D eigenvalue weighted by Gasteiger charge is -2.37. The van der Waals surface area contributed by atoms with Gasteiger partial charge in [-0.15, -0.1) is 0 Å². The van der Waals surface area contributed by atoms with E-state index in [-0.39, 0.29) is 0 Å². The highest BCUT2D eigenvalue weighted by molar-refractivity contribution is 9.10. The number of nitrogens with zero attached hydrogens (tertiary/aromatic N) is 3. The van der Waals surface area contributed by atoms with E-state index in [2.05, 4.69) is 43.1 Å². The number of nitrogen functional groups attached to an aromatic ring is 1. The van der Waals surface area contributed by atoms with Crippen molar-refractivity contribution in [1.82, 2.24) is 9.97 Å². The van der Waals surface area contributed by atoms with Crippen molar-refractivity contribution in [2.45, 2.75) is 45.1 Å². The third-order valence-corrected chi connectivity index (χ3v) is 3.94. The Bertz CT molecular complexity index is 396. The summed E-state index contributed by atoms with van der Waals surface area (Å²) in [7, 11) is 0. The standard InChI is InChI=1S/C12H20BrN5/c1-2-5-9-6-3-4-7-18(9)11-10(13)8-15-12(16-11)17-14/h8-9H,2-7,14H2,1H3,(H,15,16,17). The molecule has 0 aliphatic carbocycles. The smallest absolute Gasteiger partial charge is 0.239 e. The number of aromatic nitrogens is 2. The minimum absolute atomic E-state index is 0.467. The lowest BCUT2D eigenvalue weighted by molar-refractivity contribution is 0.431. The third kappa shape index (κ3) is 2.92. The zero-order valence-electron chi connectivity index (χ0n) is 10.7. The van der Waals surface area contributed by atoms with Gasteiger partial charge in [0.25, 0.3) is 0 Å². The van der Waals surface area contributed by atoms with E-state index in [1.165, 1.54) is 32.1 Å². The van der Waals surface area contributed by atoms with Crippen LogP contribution in [0, 0.1) is 0 Å². The predicted octanol–water partition coefficient (Wildman–Crippen LogP) is 2.68. The number of anilines is 2. The summed E-state index contributed by atoms with van der Waals surface area (Å²) >= 11 is 3.54. The molecule has 1 aromatic rings. The van der Waals surface area contributed by atoms with Gasteiger partial charge in [-0.1, -0.05) is 13.3 Å². The summed E-state index contributed by atoms with van der Waals surface area (Å²) in [5, 5.41) is 0. The molecule has 5 nitrogen and oxygen atoms in total. The summed E-state index contributed by atoms with van der Waals surface area (Å²) in [6.07, 6.45) is 7.95. The van der Waals surface area contributed by atoms with E-state index in [0.717, 1.165) is 16.8 Å². The highest BCUT2D eigenvalue weighted by Crippen LogP contribution is 2.31. The van der Waals surface area contributed by atoms with Crippen LogP contribution in [0.3, 0.4) is 0 Å². The molecule has 1 aromatic heterocycles. The van der Waals surface area contributed by atoms with E-state index < -0.39 is 0 Å². The molecule has 1 atom stereocenters. The number of hydrogen-bond donors (Lipinski definition) is 2. The van der Waals surface area contributed by atoms with E-state index in [1.807, 2.05) is 0 Å². The van der Waals surface area contributed by atoms with Gasteiger partial charge in [0, 0.05) is 18.8 Å². The van der Waals surface area contributed by atoms with Crippen molar-refractivity contribution >= 4 is 27.7 Å². The Hall–Kier alpha value is -0.880. The van der Waals surface area contributed by atoms with Crippen LogP contribution in [0.5, 0.6) is 0 Å². The molecule has 0 radical (unpaired) electrons. The van der Waals surface area contributed by atoms with Gasteiger partial charge in [-0.3, -0.25) is 5.43 Å². The van der Waals surface area contributed by atoms with Gasteiger partial charge in [0.1, 0.15) is 5.82 Å². The van der Waals surface area contributed by atoms with Crippen LogP contribution in [0.15, 0.2) is 10.7 Å². The number of hydrazine groups is 1. The predicted molar refractivity (Wildman–Crippen MR) is 77.4 cm³/mol. The highest BCUT2D eigenvalue weighted by atomic mass is 79.9. The quantitative estimate of drug-likeness (QED) is 0.661. The third-order valence-electron chi connectivity index (χ3n) is 3.38. The molecular formula is C12H20BrN5. The first-order valence-electron chi connectivity index (χ1n) is 6.52. The molecule has 18 heavy (non-hydrogen) atoms. The van der Waals surface area contributed by atoms with E-state index in [9.17, 15) is 0 Å². The van der Waals surface area contributed by atoms with Crippen molar-refractivity contribution in [2.24, 2.45) is 5.84 Å². The number of hydrogen-bond acceptors (Lipinski definition) is 5. The molecule has 1 aliphatic rings. The van der Waals surface area contributed by atoms with E-state index in [0.29, 0.717) is 12.0 Å². The first-order valence-corrected chi connectivity index (χ1v) is 7.31.